The maximum absolute atomic E-state index is 12.4. The number of ether oxygens (including phenoxy) is 1. The highest BCUT2D eigenvalue weighted by Crippen LogP contribution is 2.35. The number of benzene rings is 2. The molecular weight excluding hydrogens is 396 g/mol. The van der Waals surface area contributed by atoms with Gasteiger partial charge >= 0.3 is 5.97 Å². The van der Waals surface area contributed by atoms with Gasteiger partial charge in [-0.3, -0.25) is 9.59 Å². The minimum atomic E-state index is -0.435. The summed E-state index contributed by atoms with van der Waals surface area (Å²) >= 11 is 9.26. The van der Waals surface area contributed by atoms with E-state index in [1.807, 2.05) is 6.07 Å². The van der Waals surface area contributed by atoms with Crippen LogP contribution in [0.2, 0.25) is 5.02 Å². The summed E-state index contributed by atoms with van der Waals surface area (Å²) in [7, 11) is 0. The molecule has 0 fully saturated rings. The third kappa shape index (κ3) is 4.58. The van der Waals surface area contributed by atoms with Crippen LogP contribution in [0, 0.1) is 0 Å². The van der Waals surface area contributed by atoms with E-state index in [1.54, 1.807) is 37.3 Å². The zero-order valence-electron chi connectivity index (χ0n) is 13.0. The van der Waals surface area contributed by atoms with E-state index >= 15 is 0 Å². The Balaban J connectivity index is 2.29. The number of esters is 1. The van der Waals surface area contributed by atoms with Gasteiger partial charge in [-0.2, -0.15) is 0 Å². The van der Waals surface area contributed by atoms with Gasteiger partial charge in [-0.25, -0.2) is 0 Å². The number of rotatable bonds is 6. The third-order valence-corrected chi connectivity index (χ3v) is 4.22. The van der Waals surface area contributed by atoms with Crippen LogP contribution in [0.15, 0.2) is 40.9 Å². The van der Waals surface area contributed by atoms with Gasteiger partial charge < -0.3 is 9.84 Å². The number of hydrogen-bond acceptors (Lipinski definition) is 4. The Hall–Kier alpha value is -1.85. The van der Waals surface area contributed by atoms with Crippen molar-refractivity contribution in [2.24, 2.45) is 0 Å². The van der Waals surface area contributed by atoms with Crippen molar-refractivity contribution in [3.63, 3.8) is 0 Å². The van der Waals surface area contributed by atoms with E-state index in [0.29, 0.717) is 9.50 Å². The van der Waals surface area contributed by atoms with Gasteiger partial charge in [-0.05, 0) is 58.2 Å². The number of ketones is 1. The monoisotopic (exact) mass is 410 g/mol. The number of phenolic OH excluding ortho intramolecular Hbond substituents is 1. The molecule has 0 heterocycles. The van der Waals surface area contributed by atoms with E-state index in [2.05, 4.69) is 15.9 Å². The van der Waals surface area contributed by atoms with Gasteiger partial charge in [0.2, 0.25) is 0 Å². The van der Waals surface area contributed by atoms with Gasteiger partial charge in [0.25, 0.3) is 0 Å². The van der Waals surface area contributed by atoms with E-state index in [-0.39, 0.29) is 36.5 Å². The van der Waals surface area contributed by atoms with Crippen LogP contribution in [-0.2, 0) is 9.53 Å². The van der Waals surface area contributed by atoms with Crippen LogP contribution in [0.5, 0.6) is 5.75 Å². The molecule has 0 bridgehead atoms. The lowest BCUT2D eigenvalue weighted by molar-refractivity contribution is -0.143. The molecule has 0 radical (unpaired) electrons. The first-order chi connectivity index (χ1) is 11.4. The van der Waals surface area contributed by atoms with E-state index in [1.165, 1.54) is 0 Å². The average molecular weight is 412 g/mol. The maximum Gasteiger partial charge on any atom is 0.306 e. The van der Waals surface area contributed by atoms with Gasteiger partial charge in [0.15, 0.2) is 5.78 Å². The minimum absolute atomic E-state index is 0.0227. The molecule has 0 unspecified atom stereocenters. The van der Waals surface area contributed by atoms with Gasteiger partial charge in [0.1, 0.15) is 5.75 Å². The molecule has 6 heteroatoms. The predicted molar refractivity (Wildman–Crippen MR) is 96.5 cm³/mol. The summed E-state index contributed by atoms with van der Waals surface area (Å²) in [5.74, 6) is -0.907. The van der Waals surface area contributed by atoms with Crippen LogP contribution >= 0.6 is 27.5 Å². The van der Waals surface area contributed by atoms with Gasteiger partial charge in [0, 0.05) is 11.4 Å². The predicted octanol–water partition coefficient (Wildman–Crippen LogP) is 5.00. The molecule has 0 aliphatic carbocycles. The van der Waals surface area contributed by atoms with Crippen LogP contribution in [-0.4, -0.2) is 23.5 Å². The molecule has 0 saturated heterocycles. The lowest BCUT2D eigenvalue weighted by Gasteiger charge is -2.10. The number of aromatic hydroxyl groups is 1. The maximum atomic E-state index is 12.4. The molecule has 24 heavy (non-hydrogen) atoms. The fourth-order valence-corrected chi connectivity index (χ4v) is 2.88. The second-order valence-corrected chi connectivity index (χ2v) is 6.38. The van der Waals surface area contributed by atoms with Crippen LogP contribution in [0.4, 0.5) is 0 Å². The first kappa shape index (κ1) is 18.5. The summed E-state index contributed by atoms with van der Waals surface area (Å²) in [6, 6.07) is 10.5. The van der Waals surface area contributed by atoms with E-state index in [4.69, 9.17) is 16.3 Å². The molecule has 0 amide bonds. The van der Waals surface area contributed by atoms with E-state index in [0.717, 1.165) is 11.1 Å². The fraction of sp³-hybridized carbons (Fsp3) is 0.222. The second-order valence-electron chi connectivity index (χ2n) is 5.09. The van der Waals surface area contributed by atoms with E-state index < -0.39 is 5.97 Å². The van der Waals surface area contributed by atoms with Crippen molar-refractivity contribution in [3.05, 3.63) is 51.5 Å². The summed E-state index contributed by atoms with van der Waals surface area (Å²) in [4.78, 5) is 23.8. The highest BCUT2D eigenvalue weighted by Gasteiger charge is 2.17. The minimum Gasteiger partial charge on any atom is -0.506 e. The number of hydrogen-bond donors (Lipinski definition) is 1. The lowest BCUT2D eigenvalue weighted by atomic mass is 9.98. The molecule has 0 atom stereocenters. The molecule has 4 nitrogen and oxygen atoms in total. The molecule has 0 aliphatic rings. The topological polar surface area (TPSA) is 63.6 Å². The van der Waals surface area contributed by atoms with Crippen LogP contribution in [0.25, 0.3) is 11.1 Å². The average Bonchev–Trinajstić information content (AvgIpc) is 2.55. The molecular formula is C18H16BrClO4. The van der Waals surface area contributed by atoms with Crippen molar-refractivity contribution in [2.45, 2.75) is 19.8 Å². The summed E-state index contributed by atoms with van der Waals surface area (Å²) in [5, 5.41) is 10.7. The third-order valence-electron chi connectivity index (χ3n) is 3.38. The molecule has 0 aliphatic heterocycles. The van der Waals surface area contributed by atoms with Crippen molar-refractivity contribution in [1.29, 1.82) is 0 Å². The molecule has 126 valence electrons. The molecule has 2 aromatic carbocycles. The Kier molecular flexibility index (Phi) is 6.40. The van der Waals surface area contributed by atoms with Crippen LogP contribution in [0.1, 0.15) is 30.1 Å². The fourth-order valence-electron chi connectivity index (χ4n) is 2.23. The van der Waals surface area contributed by atoms with Crippen molar-refractivity contribution >= 4 is 39.3 Å². The van der Waals surface area contributed by atoms with Gasteiger partial charge in [0.05, 0.1) is 23.1 Å². The van der Waals surface area contributed by atoms with Crippen molar-refractivity contribution < 1.29 is 19.4 Å². The highest BCUT2D eigenvalue weighted by molar-refractivity contribution is 9.10. The summed E-state index contributed by atoms with van der Waals surface area (Å²) in [5.41, 5.74) is 1.72. The highest BCUT2D eigenvalue weighted by atomic mass is 79.9. The quantitative estimate of drug-likeness (QED) is 0.536. The number of phenols is 1. The van der Waals surface area contributed by atoms with Crippen molar-refractivity contribution in [2.75, 3.05) is 6.61 Å². The standard InChI is InChI=1S/C18H16BrClO4/c1-2-24-17(22)7-6-16(21)14-9-12(10-15(19)18(14)23)11-4-3-5-13(20)8-11/h3-5,8-10,23H,2,6-7H2,1H3. The molecule has 1 N–H and O–H groups in total. The summed E-state index contributed by atoms with van der Waals surface area (Å²) in [6.45, 7) is 1.98. The second kappa shape index (κ2) is 8.31. The van der Waals surface area contributed by atoms with Crippen molar-refractivity contribution in [1.82, 2.24) is 0 Å². The van der Waals surface area contributed by atoms with E-state index in [9.17, 15) is 14.7 Å². The van der Waals surface area contributed by atoms with Gasteiger partial charge in [-0.15, -0.1) is 0 Å². The SMILES string of the molecule is CCOC(=O)CCC(=O)c1cc(-c2cccc(Cl)c2)cc(Br)c1O. The number of Topliss-reactive ketones (excluding diaryl/α,β-unsaturated/α-hetero) is 1. The number of carbonyl (C=O) groups is 2. The molecule has 2 rings (SSSR count). The Morgan fingerprint density at radius 3 is 2.58 bits per heavy atom. The largest absolute Gasteiger partial charge is 0.506 e. The zero-order chi connectivity index (χ0) is 17.7. The smallest absolute Gasteiger partial charge is 0.306 e. The van der Waals surface area contributed by atoms with Crippen LogP contribution < -0.4 is 0 Å². The molecule has 0 aromatic heterocycles. The summed E-state index contributed by atoms with van der Waals surface area (Å²) in [6.07, 6.45) is -0.0526. The molecule has 0 spiro atoms. The van der Waals surface area contributed by atoms with Crippen LogP contribution in [0.3, 0.4) is 0 Å². The first-order valence-electron chi connectivity index (χ1n) is 7.39. The zero-order valence-corrected chi connectivity index (χ0v) is 15.4. The first-order valence-corrected chi connectivity index (χ1v) is 8.56. The Morgan fingerprint density at radius 2 is 1.92 bits per heavy atom. The lowest BCUT2D eigenvalue weighted by Crippen LogP contribution is -2.08. The normalized spacial score (nSPS) is 10.5. The Bertz CT molecular complexity index is 774. The summed E-state index contributed by atoms with van der Waals surface area (Å²) < 4.78 is 5.21. The number of halogens is 2. The molecule has 0 saturated carbocycles. The Labute approximate surface area is 153 Å². The van der Waals surface area contributed by atoms with Gasteiger partial charge in [-0.1, -0.05) is 23.7 Å². The van der Waals surface area contributed by atoms with Crippen molar-refractivity contribution in [3.8, 4) is 16.9 Å². The number of carbonyl (C=O) groups excluding carboxylic acids is 2. The molecule has 2 aromatic rings. The Morgan fingerprint density at radius 1 is 1.17 bits per heavy atom.